The molecule has 1 aliphatic heterocycles. The lowest BCUT2D eigenvalue weighted by atomic mass is 10.0. The fourth-order valence-electron chi connectivity index (χ4n) is 5.26. The molecule has 0 aliphatic carbocycles. The molecule has 4 aromatic rings. The Morgan fingerprint density at radius 1 is 0.895 bits per heavy atom. The second-order valence-electron chi connectivity index (χ2n) is 10.0. The van der Waals surface area contributed by atoms with Gasteiger partial charge in [-0.1, -0.05) is 67.4 Å². The number of carbonyl (C=O) groups excluding carboxylic acids is 2. The lowest BCUT2D eigenvalue weighted by molar-refractivity contribution is 0.0601. The van der Waals surface area contributed by atoms with E-state index in [9.17, 15) is 9.59 Å². The predicted octanol–water partition coefficient (Wildman–Crippen LogP) is 5.95. The number of carbonyl (C=O) groups is 2. The summed E-state index contributed by atoms with van der Waals surface area (Å²) in [6.45, 7) is 1.63. The van der Waals surface area contributed by atoms with Crippen LogP contribution in [-0.4, -0.2) is 59.4 Å². The number of H-pyrrole nitrogens is 1. The zero-order chi connectivity index (χ0) is 26.3. The number of ether oxygens (including phenoxy) is 1. The Hall–Kier alpha value is -4.06. The number of aromatic amines is 1. The van der Waals surface area contributed by atoms with Crippen LogP contribution in [0.15, 0.2) is 85.1 Å². The number of fused-ring (bicyclic) bond motifs is 2. The van der Waals surface area contributed by atoms with E-state index in [-0.39, 0.29) is 24.5 Å². The number of rotatable bonds is 3. The molecule has 1 aromatic heterocycles. The van der Waals surface area contributed by atoms with Gasteiger partial charge in [0.25, 0.3) is 11.8 Å². The molecule has 0 spiro atoms. The van der Waals surface area contributed by atoms with Crippen molar-refractivity contribution in [3.63, 3.8) is 0 Å². The second-order valence-corrected chi connectivity index (χ2v) is 10.0. The van der Waals surface area contributed by atoms with Crippen molar-refractivity contribution in [3.05, 3.63) is 102 Å². The van der Waals surface area contributed by atoms with Gasteiger partial charge in [0, 0.05) is 31.7 Å². The van der Waals surface area contributed by atoms with Crippen LogP contribution in [0.1, 0.15) is 52.0 Å². The largest absolute Gasteiger partial charge is 0.491 e. The average molecular weight is 510 g/mol. The SMILES string of the molecule is CN1CCCCCCN(C(=O)c2cccc3cc[nH]c23)[C@@H](Cc2ccccc2)COc2ccccc2C1=O. The van der Waals surface area contributed by atoms with E-state index < -0.39 is 0 Å². The van der Waals surface area contributed by atoms with E-state index >= 15 is 0 Å². The highest BCUT2D eigenvalue weighted by Gasteiger charge is 2.28. The summed E-state index contributed by atoms with van der Waals surface area (Å²) < 4.78 is 6.38. The summed E-state index contributed by atoms with van der Waals surface area (Å²) in [6, 6.07) is 25.3. The van der Waals surface area contributed by atoms with Gasteiger partial charge in [0.2, 0.25) is 0 Å². The van der Waals surface area contributed by atoms with Crippen LogP contribution >= 0.6 is 0 Å². The summed E-state index contributed by atoms with van der Waals surface area (Å²) in [5, 5.41) is 1.02. The highest BCUT2D eigenvalue weighted by Crippen LogP contribution is 2.25. The third-order valence-corrected chi connectivity index (χ3v) is 7.37. The first-order chi connectivity index (χ1) is 18.6. The highest BCUT2D eigenvalue weighted by molar-refractivity contribution is 6.05. The molecule has 5 rings (SSSR count). The fourth-order valence-corrected chi connectivity index (χ4v) is 5.26. The van der Waals surface area contributed by atoms with Crippen LogP contribution in [0.3, 0.4) is 0 Å². The molecule has 1 atom stereocenters. The van der Waals surface area contributed by atoms with Crippen molar-refractivity contribution in [1.82, 2.24) is 14.8 Å². The van der Waals surface area contributed by atoms with E-state index in [0.717, 1.165) is 42.1 Å². The topological polar surface area (TPSA) is 65.6 Å². The zero-order valence-electron chi connectivity index (χ0n) is 21.9. The molecule has 0 fully saturated rings. The maximum absolute atomic E-state index is 14.2. The lowest BCUT2D eigenvalue weighted by Gasteiger charge is -2.33. The number of nitrogens with one attached hydrogen (secondary N) is 1. The molecule has 0 bridgehead atoms. The van der Waals surface area contributed by atoms with Crippen molar-refractivity contribution in [2.75, 3.05) is 26.7 Å². The Morgan fingerprint density at radius 3 is 2.50 bits per heavy atom. The number of para-hydroxylation sites is 2. The number of amides is 2. The van der Waals surface area contributed by atoms with Gasteiger partial charge in [-0.2, -0.15) is 0 Å². The molecule has 196 valence electrons. The van der Waals surface area contributed by atoms with Crippen molar-refractivity contribution in [2.45, 2.75) is 38.1 Å². The van der Waals surface area contributed by atoms with Crippen LogP contribution in [-0.2, 0) is 6.42 Å². The van der Waals surface area contributed by atoms with Crippen LogP contribution in [0.4, 0.5) is 0 Å². The van der Waals surface area contributed by atoms with Crippen LogP contribution < -0.4 is 4.74 Å². The summed E-state index contributed by atoms with van der Waals surface area (Å²) >= 11 is 0. The molecule has 1 N–H and O–H groups in total. The first kappa shape index (κ1) is 25.6. The van der Waals surface area contributed by atoms with Gasteiger partial charge in [-0.3, -0.25) is 9.59 Å². The first-order valence-corrected chi connectivity index (χ1v) is 13.5. The maximum atomic E-state index is 14.2. The van der Waals surface area contributed by atoms with Crippen molar-refractivity contribution in [1.29, 1.82) is 0 Å². The minimum Gasteiger partial charge on any atom is -0.491 e. The normalized spacial score (nSPS) is 17.5. The van der Waals surface area contributed by atoms with Gasteiger partial charge in [0.15, 0.2) is 0 Å². The molecule has 3 aromatic carbocycles. The first-order valence-electron chi connectivity index (χ1n) is 13.5. The molecule has 0 unspecified atom stereocenters. The minimum atomic E-state index is -0.209. The number of aromatic nitrogens is 1. The standard InChI is InChI=1S/C32H35N3O3/c1-34-20-9-2-3-10-21-35(32(37)28-16-11-14-25-18-19-33-30(25)28)26(22-24-12-5-4-6-13-24)23-38-29-17-8-7-15-27(29)31(34)36/h4-8,11-19,26,33H,2-3,9-10,20-23H2,1H3/t26-/m0/s1. The van der Waals surface area contributed by atoms with Crippen molar-refractivity contribution in [2.24, 2.45) is 0 Å². The molecule has 1 aliphatic rings. The molecule has 0 radical (unpaired) electrons. The molecule has 0 saturated heterocycles. The second kappa shape index (κ2) is 12.0. The van der Waals surface area contributed by atoms with E-state index in [2.05, 4.69) is 17.1 Å². The quantitative estimate of drug-likeness (QED) is 0.371. The Bertz CT molecular complexity index is 1380. The minimum absolute atomic E-state index is 0.00114. The van der Waals surface area contributed by atoms with Crippen molar-refractivity contribution in [3.8, 4) is 5.75 Å². The average Bonchev–Trinajstić information content (AvgIpc) is 3.44. The molecule has 0 saturated carbocycles. The number of hydrogen-bond acceptors (Lipinski definition) is 3. The van der Waals surface area contributed by atoms with E-state index in [4.69, 9.17) is 4.74 Å². The molecular weight excluding hydrogens is 474 g/mol. The van der Waals surface area contributed by atoms with E-state index in [1.54, 1.807) is 4.90 Å². The summed E-state index contributed by atoms with van der Waals surface area (Å²) in [4.78, 5) is 34.4. The fraction of sp³-hybridized carbons (Fsp3) is 0.312. The van der Waals surface area contributed by atoms with Gasteiger partial charge in [0.1, 0.15) is 12.4 Å². The predicted molar refractivity (Wildman–Crippen MR) is 151 cm³/mol. The van der Waals surface area contributed by atoms with E-state index in [0.29, 0.717) is 36.4 Å². The van der Waals surface area contributed by atoms with Crippen molar-refractivity contribution < 1.29 is 14.3 Å². The summed E-state index contributed by atoms with van der Waals surface area (Å²) in [6.07, 6.45) is 6.35. The van der Waals surface area contributed by atoms with Gasteiger partial charge in [-0.15, -0.1) is 0 Å². The van der Waals surface area contributed by atoms with Crippen molar-refractivity contribution >= 4 is 22.7 Å². The molecule has 6 heteroatoms. The number of hydrogen-bond donors (Lipinski definition) is 1. The molecular formula is C32H35N3O3. The molecule has 2 amide bonds. The number of nitrogens with zero attached hydrogens (tertiary/aromatic N) is 2. The van der Waals surface area contributed by atoms with Gasteiger partial charge < -0.3 is 19.5 Å². The van der Waals surface area contributed by atoms with E-state index in [1.165, 1.54) is 0 Å². The molecule has 38 heavy (non-hydrogen) atoms. The molecule has 6 nitrogen and oxygen atoms in total. The van der Waals surface area contributed by atoms with Gasteiger partial charge in [0.05, 0.1) is 22.7 Å². The smallest absolute Gasteiger partial charge is 0.257 e. The van der Waals surface area contributed by atoms with Crippen LogP contribution in [0, 0.1) is 0 Å². The lowest BCUT2D eigenvalue weighted by Crippen LogP contribution is -2.46. The van der Waals surface area contributed by atoms with E-state index in [1.807, 2.05) is 84.9 Å². The van der Waals surface area contributed by atoms with Crippen LogP contribution in [0.5, 0.6) is 5.75 Å². The van der Waals surface area contributed by atoms with Crippen LogP contribution in [0.2, 0.25) is 0 Å². The summed E-state index contributed by atoms with van der Waals surface area (Å²) in [7, 11) is 1.85. The highest BCUT2D eigenvalue weighted by atomic mass is 16.5. The van der Waals surface area contributed by atoms with Gasteiger partial charge in [-0.05, 0) is 49.1 Å². The Labute approximate surface area is 224 Å². The van der Waals surface area contributed by atoms with Gasteiger partial charge in [-0.25, -0.2) is 0 Å². The van der Waals surface area contributed by atoms with Crippen LogP contribution in [0.25, 0.3) is 10.9 Å². The summed E-state index contributed by atoms with van der Waals surface area (Å²) in [5.74, 6) is 0.515. The Balaban J connectivity index is 1.52. The summed E-state index contributed by atoms with van der Waals surface area (Å²) in [5.41, 5.74) is 3.22. The molecule has 2 heterocycles. The Morgan fingerprint density at radius 2 is 1.66 bits per heavy atom. The third kappa shape index (κ3) is 5.75. The van der Waals surface area contributed by atoms with Gasteiger partial charge >= 0.3 is 0 Å². The third-order valence-electron chi connectivity index (χ3n) is 7.37. The monoisotopic (exact) mass is 509 g/mol. The Kier molecular flexibility index (Phi) is 8.07. The zero-order valence-corrected chi connectivity index (χ0v) is 21.9. The number of benzene rings is 3. The maximum Gasteiger partial charge on any atom is 0.257 e.